The molecule has 0 N–H and O–H groups in total. The molecule has 2 nitrogen and oxygen atoms in total. The average molecular weight is 225 g/mol. The van der Waals surface area contributed by atoms with Gasteiger partial charge in [0.25, 0.3) is 0 Å². The van der Waals surface area contributed by atoms with Crippen molar-refractivity contribution in [2.24, 2.45) is 0 Å². The zero-order chi connectivity index (χ0) is 10.7. The first-order valence-electron chi connectivity index (χ1n) is 5.36. The lowest BCUT2D eigenvalue weighted by molar-refractivity contribution is 0.126. The van der Waals surface area contributed by atoms with Crippen LogP contribution >= 0.6 is 11.6 Å². The molecule has 0 radical (unpaired) electrons. The Balaban J connectivity index is 1.95. The first kappa shape index (κ1) is 10.9. The Hall–Kier alpha value is -0.570. The van der Waals surface area contributed by atoms with Crippen molar-refractivity contribution in [1.29, 1.82) is 0 Å². The Labute approximate surface area is 96.4 Å². The molecule has 82 valence electrons. The number of rotatable bonds is 2. The van der Waals surface area contributed by atoms with Crippen molar-refractivity contribution in [1.82, 2.24) is 9.80 Å². The molecule has 3 heteroatoms. The van der Waals surface area contributed by atoms with Crippen molar-refractivity contribution in [2.75, 3.05) is 26.7 Å². The summed E-state index contributed by atoms with van der Waals surface area (Å²) in [5.41, 5.74) is 1.48. The van der Waals surface area contributed by atoms with Crippen molar-refractivity contribution < 1.29 is 0 Å². The molecule has 1 heterocycles. The van der Waals surface area contributed by atoms with Crippen molar-refractivity contribution in [3.05, 3.63) is 35.9 Å². The van der Waals surface area contributed by atoms with Gasteiger partial charge in [0, 0.05) is 26.2 Å². The van der Waals surface area contributed by atoms with Gasteiger partial charge in [-0.3, -0.25) is 4.90 Å². The van der Waals surface area contributed by atoms with Gasteiger partial charge in [-0.2, -0.15) is 0 Å². The van der Waals surface area contributed by atoms with Crippen LogP contribution in [0.3, 0.4) is 0 Å². The number of benzene rings is 1. The fourth-order valence-corrected chi connectivity index (χ4v) is 2.30. The highest BCUT2D eigenvalue weighted by Gasteiger charge is 2.22. The second-order valence-electron chi connectivity index (χ2n) is 4.15. The molecule has 1 aliphatic heterocycles. The maximum absolute atomic E-state index is 6.31. The third kappa shape index (κ3) is 2.94. The van der Waals surface area contributed by atoms with Crippen LogP contribution in [0.4, 0.5) is 0 Å². The third-order valence-corrected chi connectivity index (χ3v) is 3.27. The number of piperazine rings is 1. The zero-order valence-electron chi connectivity index (χ0n) is 9.06. The quantitative estimate of drug-likeness (QED) is 0.560. The van der Waals surface area contributed by atoms with E-state index in [4.69, 9.17) is 11.6 Å². The largest absolute Gasteiger partial charge is 0.302 e. The van der Waals surface area contributed by atoms with E-state index in [9.17, 15) is 0 Å². The van der Waals surface area contributed by atoms with Crippen molar-refractivity contribution in [3.63, 3.8) is 0 Å². The van der Waals surface area contributed by atoms with E-state index in [2.05, 4.69) is 41.1 Å². The maximum Gasteiger partial charge on any atom is 0.0982 e. The Bertz CT molecular complexity index is 302. The number of nitrogens with zero attached hydrogens (tertiary/aromatic N) is 2. The Morgan fingerprint density at radius 3 is 2.67 bits per heavy atom. The number of hydrogen-bond donors (Lipinski definition) is 0. The van der Waals surface area contributed by atoms with Crippen molar-refractivity contribution in [2.45, 2.75) is 12.0 Å². The van der Waals surface area contributed by atoms with Crippen molar-refractivity contribution >= 4 is 11.6 Å². The summed E-state index contributed by atoms with van der Waals surface area (Å²) in [6, 6.07) is 10.5. The molecule has 0 amide bonds. The van der Waals surface area contributed by atoms with Gasteiger partial charge in [-0.15, -0.1) is 11.6 Å². The lowest BCUT2D eigenvalue weighted by Crippen LogP contribution is -2.48. The van der Waals surface area contributed by atoms with Gasteiger partial charge in [-0.25, -0.2) is 0 Å². The van der Waals surface area contributed by atoms with E-state index in [-0.39, 0.29) is 5.50 Å². The second kappa shape index (κ2) is 4.97. The highest BCUT2D eigenvalue weighted by Crippen LogP contribution is 2.15. The average Bonchev–Trinajstić information content (AvgIpc) is 2.24. The lowest BCUT2D eigenvalue weighted by atomic mass is 10.2. The normalized spacial score (nSPS) is 24.3. The molecule has 1 atom stereocenters. The third-order valence-electron chi connectivity index (χ3n) is 2.86. The van der Waals surface area contributed by atoms with Gasteiger partial charge < -0.3 is 4.90 Å². The minimum atomic E-state index is 0.143. The molecular weight excluding hydrogens is 208 g/mol. The lowest BCUT2D eigenvalue weighted by Gasteiger charge is -2.36. The molecule has 0 saturated carbocycles. The molecular formula is C12H17ClN2. The molecule has 1 unspecified atom stereocenters. The van der Waals surface area contributed by atoms with Gasteiger partial charge in [0.2, 0.25) is 0 Å². The van der Waals surface area contributed by atoms with E-state index in [1.165, 1.54) is 5.56 Å². The standard InChI is InChI=1S/C12H17ClN2/c1-14-7-8-15(12(13)10-14)9-11-5-3-2-4-6-11/h2-6,12H,7-10H2,1H3. The maximum atomic E-state index is 6.31. The van der Waals surface area contributed by atoms with Gasteiger partial charge in [-0.1, -0.05) is 30.3 Å². The Kier molecular flexibility index (Phi) is 3.62. The second-order valence-corrected chi connectivity index (χ2v) is 4.66. The predicted octanol–water partition coefficient (Wildman–Crippen LogP) is 2.00. The molecule has 0 spiro atoms. The number of likely N-dealkylation sites (N-methyl/N-ethyl adjacent to an activating group) is 1. The van der Waals surface area contributed by atoms with Crippen LogP contribution in [-0.4, -0.2) is 42.0 Å². The summed E-state index contributed by atoms with van der Waals surface area (Å²) < 4.78 is 0. The van der Waals surface area contributed by atoms with Gasteiger partial charge >= 0.3 is 0 Å². The topological polar surface area (TPSA) is 6.48 Å². The highest BCUT2D eigenvalue weighted by atomic mass is 35.5. The smallest absolute Gasteiger partial charge is 0.0982 e. The van der Waals surface area contributed by atoms with Crippen LogP contribution in [0.2, 0.25) is 0 Å². The van der Waals surface area contributed by atoms with E-state index in [1.54, 1.807) is 0 Å². The van der Waals surface area contributed by atoms with Crippen LogP contribution in [0.15, 0.2) is 30.3 Å². The highest BCUT2D eigenvalue weighted by molar-refractivity contribution is 6.20. The summed E-state index contributed by atoms with van der Waals surface area (Å²) in [6.07, 6.45) is 0. The summed E-state index contributed by atoms with van der Waals surface area (Å²) in [4.78, 5) is 4.61. The summed E-state index contributed by atoms with van der Waals surface area (Å²) in [5, 5.41) is 0. The number of hydrogen-bond acceptors (Lipinski definition) is 2. The zero-order valence-corrected chi connectivity index (χ0v) is 9.82. The number of halogens is 1. The molecule has 1 aliphatic rings. The van der Waals surface area contributed by atoms with E-state index >= 15 is 0 Å². The van der Waals surface area contributed by atoms with Gasteiger partial charge in [-0.05, 0) is 12.6 Å². The summed E-state index contributed by atoms with van der Waals surface area (Å²) in [5.74, 6) is 0. The Morgan fingerprint density at radius 2 is 2.00 bits per heavy atom. The molecule has 15 heavy (non-hydrogen) atoms. The molecule has 0 bridgehead atoms. The minimum Gasteiger partial charge on any atom is -0.302 e. The Morgan fingerprint density at radius 1 is 1.27 bits per heavy atom. The SMILES string of the molecule is CN1CCN(Cc2ccccc2)C(Cl)C1. The van der Waals surface area contributed by atoms with E-state index < -0.39 is 0 Å². The monoisotopic (exact) mass is 224 g/mol. The van der Waals surface area contributed by atoms with Crippen LogP contribution in [-0.2, 0) is 6.54 Å². The molecule has 0 aliphatic carbocycles. The number of alkyl halides is 1. The summed E-state index contributed by atoms with van der Waals surface area (Å²) >= 11 is 6.31. The van der Waals surface area contributed by atoms with Gasteiger partial charge in [0.05, 0.1) is 5.50 Å². The van der Waals surface area contributed by atoms with Crippen LogP contribution in [0, 0.1) is 0 Å². The molecule has 1 saturated heterocycles. The fourth-order valence-electron chi connectivity index (χ4n) is 1.90. The van der Waals surface area contributed by atoms with Crippen LogP contribution in [0.1, 0.15) is 5.56 Å². The molecule has 1 aromatic carbocycles. The van der Waals surface area contributed by atoms with Crippen LogP contribution < -0.4 is 0 Å². The molecule has 1 fully saturated rings. The van der Waals surface area contributed by atoms with E-state index in [1.807, 2.05) is 6.07 Å². The van der Waals surface area contributed by atoms with Crippen LogP contribution in [0.25, 0.3) is 0 Å². The van der Waals surface area contributed by atoms with E-state index in [0.717, 1.165) is 26.2 Å². The van der Waals surface area contributed by atoms with Crippen LogP contribution in [0.5, 0.6) is 0 Å². The molecule has 0 aromatic heterocycles. The first-order chi connectivity index (χ1) is 7.25. The molecule has 1 aromatic rings. The minimum absolute atomic E-state index is 0.143. The summed E-state index contributed by atoms with van der Waals surface area (Å²) in [6.45, 7) is 4.08. The predicted molar refractivity (Wildman–Crippen MR) is 64.0 cm³/mol. The van der Waals surface area contributed by atoms with Crippen molar-refractivity contribution in [3.8, 4) is 0 Å². The van der Waals surface area contributed by atoms with Gasteiger partial charge in [0.15, 0.2) is 0 Å². The van der Waals surface area contributed by atoms with Gasteiger partial charge in [0.1, 0.15) is 0 Å². The molecule has 2 rings (SSSR count). The fraction of sp³-hybridized carbons (Fsp3) is 0.500. The summed E-state index contributed by atoms with van der Waals surface area (Å²) in [7, 11) is 2.12. The van der Waals surface area contributed by atoms with E-state index in [0.29, 0.717) is 0 Å². The first-order valence-corrected chi connectivity index (χ1v) is 5.80.